The van der Waals surface area contributed by atoms with Crippen molar-refractivity contribution in [1.82, 2.24) is 5.32 Å². The molecule has 2 bridgehead atoms. The molecule has 1 amide bonds. The number of nitro groups is 1. The second kappa shape index (κ2) is 22.6. The third-order valence-electron chi connectivity index (χ3n) is 18.3. The molecule has 20 heteroatoms. The van der Waals surface area contributed by atoms with Crippen LogP contribution < -0.4 is 5.32 Å². The Morgan fingerprint density at radius 1 is 0.861 bits per heavy atom. The molecule has 2 saturated carbocycles. The summed E-state index contributed by atoms with van der Waals surface area (Å²) in [7, 11) is -5.73. The maximum absolute atomic E-state index is 16.6. The lowest BCUT2D eigenvalue weighted by Crippen LogP contribution is -2.82. The Morgan fingerprint density at radius 3 is 1.99 bits per heavy atom. The van der Waals surface area contributed by atoms with Crippen molar-refractivity contribution in [1.29, 1.82) is 0 Å². The highest BCUT2D eigenvalue weighted by molar-refractivity contribution is 6.74. The second-order valence-electron chi connectivity index (χ2n) is 24.0. The smallest absolute Gasteiger partial charge is 0.338 e. The maximum Gasteiger partial charge on any atom is 0.338 e. The van der Waals surface area contributed by atoms with E-state index in [9.17, 15) is 29.6 Å². The van der Waals surface area contributed by atoms with Crippen molar-refractivity contribution < 1.29 is 71.3 Å². The van der Waals surface area contributed by atoms with E-state index in [-0.39, 0.29) is 29.7 Å². The molecule has 0 spiro atoms. The first-order chi connectivity index (χ1) is 36.9. The molecule has 11 atom stereocenters. The SMILES string of the molecule is CC[Si](CC)(CC)O[C@H]1C[C@H]2OC[C@@]2(OC(C)=O)[C@H]2[C@H](OC(=O)c3cccc([N+](=O)[O-])c3)[C@]3(O)C[C@H](OC(=O)[C@H](O[Si](C)(C)C(C)(C)C)[C@@H](NC(=O)c4ccccc4)c4ccccc4)C(C)=C([C@@H](OC(C)=O)C(=O)[C@]12C)C3(C)C. The number of rotatable bonds is 18. The number of aliphatic hydroxyl groups is 1. The highest BCUT2D eigenvalue weighted by Crippen LogP contribution is 2.65. The normalized spacial score (nSPS) is 28.2. The van der Waals surface area contributed by atoms with Gasteiger partial charge in [0.05, 0.1) is 40.6 Å². The van der Waals surface area contributed by atoms with Gasteiger partial charge in [0.1, 0.15) is 23.9 Å². The predicted octanol–water partition coefficient (Wildman–Crippen LogP) is 9.70. The lowest BCUT2D eigenvalue weighted by atomic mass is 9.44. The first-order valence-corrected chi connectivity index (χ1v) is 32.7. The Labute approximate surface area is 465 Å². The van der Waals surface area contributed by atoms with Crippen LogP contribution in [0, 0.1) is 26.9 Å². The van der Waals surface area contributed by atoms with E-state index in [1.165, 1.54) is 25.1 Å². The van der Waals surface area contributed by atoms with Crippen LogP contribution in [0.1, 0.15) is 128 Å². The van der Waals surface area contributed by atoms with Crippen LogP contribution in [0.5, 0.6) is 0 Å². The van der Waals surface area contributed by atoms with E-state index in [1.54, 1.807) is 88.4 Å². The van der Waals surface area contributed by atoms with Gasteiger partial charge in [0, 0.05) is 49.8 Å². The van der Waals surface area contributed by atoms with E-state index < -0.39 is 145 Å². The molecule has 0 aromatic heterocycles. The standard InChI is InChI=1S/C59H78N2O16Si2/c1-15-79(16-2,17-3)76-43-32-44-58(34-71-44,75-37(6)63)49-51(74-53(66)40-29-24-30-41(31-40)61(69)70)59(68)33-42(35(4)45(56(59,10)11)47(72-36(5)62)50(64)57(43,49)12)73-54(67)48(77-78(13,14)55(7,8)9)46(38-25-20-18-21-26-38)60-52(65)39-27-22-19-23-28-39/h18-31,42-44,46-49,51,68H,15-17,32-34H2,1-14H3,(H,60,65)/t42-,43-,44+,46-,47+,48+,49-,51-,57+,58-,59+/m0/s1. The molecular weight excluding hydrogens is 1050 g/mol. The molecule has 3 fully saturated rings. The van der Waals surface area contributed by atoms with Gasteiger partial charge in [-0.1, -0.05) is 110 Å². The summed E-state index contributed by atoms with van der Waals surface area (Å²) in [6.07, 6.45) is -9.36. The minimum Gasteiger partial charge on any atom is -0.456 e. The Hall–Kier alpha value is -5.91. The monoisotopic (exact) mass is 1130 g/mol. The average Bonchev–Trinajstić information content (AvgIpc) is 2.06. The number of carbonyl (C=O) groups excluding carboxylic acids is 6. The van der Waals surface area contributed by atoms with Crippen molar-refractivity contribution >= 4 is 57.9 Å². The maximum atomic E-state index is 16.6. The topological polar surface area (TPSA) is 242 Å². The highest BCUT2D eigenvalue weighted by Gasteiger charge is 2.79. The molecule has 1 heterocycles. The largest absolute Gasteiger partial charge is 0.456 e. The Morgan fingerprint density at radius 2 is 1.46 bits per heavy atom. The summed E-state index contributed by atoms with van der Waals surface area (Å²) < 4.78 is 46.7. The number of non-ortho nitro benzene ring substituents is 1. The molecule has 18 nitrogen and oxygen atoms in total. The van der Waals surface area contributed by atoms with Gasteiger partial charge in [0.2, 0.25) is 0 Å². The number of ketones is 1. The van der Waals surface area contributed by atoms with Gasteiger partial charge in [-0.15, -0.1) is 0 Å². The van der Waals surface area contributed by atoms with E-state index in [1.807, 2.05) is 54.6 Å². The Kier molecular flexibility index (Phi) is 17.3. The van der Waals surface area contributed by atoms with Crippen molar-refractivity contribution in [3.63, 3.8) is 0 Å². The first-order valence-electron chi connectivity index (χ1n) is 27.3. The summed E-state index contributed by atoms with van der Waals surface area (Å²) in [4.78, 5) is 100. The number of amides is 1. The summed E-state index contributed by atoms with van der Waals surface area (Å²) in [5, 5.41) is 29.2. The number of carbonyl (C=O) groups is 6. The van der Waals surface area contributed by atoms with Gasteiger partial charge < -0.3 is 43.0 Å². The van der Waals surface area contributed by atoms with E-state index in [4.69, 9.17) is 32.5 Å². The molecule has 3 aromatic carbocycles. The van der Waals surface area contributed by atoms with Crippen LogP contribution in [0.25, 0.3) is 0 Å². The van der Waals surface area contributed by atoms with Crippen molar-refractivity contribution in [3.05, 3.63) is 123 Å². The number of hydrogen-bond donors (Lipinski definition) is 2. The molecule has 3 aliphatic carbocycles. The Bertz CT molecular complexity index is 2860. The number of hydrogen-bond acceptors (Lipinski definition) is 16. The number of nitrogens with zero attached hydrogens (tertiary/aromatic N) is 1. The number of benzene rings is 3. The predicted molar refractivity (Wildman–Crippen MR) is 296 cm³/mol. The molecule has 428 valence electrons. The number of fused-ring (bicyclic) bond motifs is 5. The van der Waals surface area contributed by atoms with Crippen LogP contribution >= 0.6 is 0 Å². The van der Waals surface area contributed by atoms with Gasteiger partial charge in [-0.3, -0.25) is 29.3 Å². The molecule has 7 rings (SSSR count). The van der Waals surface area contributed by atoms with E-state index in [0.29, 0.717) is 29.3 Å². The molecule has 2 N–H and O–H groups in total. The molecule has 0 radical (unpaired) electrons. The van der Waals surface area contributed by atoms with Crippen LogP contribution in [0.15, 0.2) is 96.1 Å². The third-order valence-corrected chi connectivity index (χ3v) is 27.4. The van der Waals surface area contributed by atoms with Gasteiger partial charge >= 0.3 is 23.9 Å². The van der Waals surface area contributed by atoms with Crippen molar-refractivity contribution in [2.75, 3.05) is 6.61 Å². The van der Waals surface area contributed by atoms with Crippen LogP contribution in [0.4, 0.5) is 5.69 Å². The fourth-order valence-corrected chi connectivity index (χ4v) is 16.6. The number of esters is 4. The average molecular weight is 1130 g/mol. The Balaban J connectivity index is 1.51. The summed E-state index contributed by atoms with van der Waals surface area (Å²) >= 11 is 0. The number of Topliss-reactive ketones (excluding diaryl/α,β-unsaturated/α-hetero) is 1. The number of nitro benzene ring substituents is 1. The molecule has 1 saturated heterocycles. The zero-order valence-electron chi connectivity index (χ0n) is 48.0. The van der Waals surface area contributed by atoms with Crippen LogP contribution in [0.2, 0.25) is 36.3 Å². The second-order valence-corrected chi connectivity index (χ2v) is 33.5. The van der Waals surface area contributed by atoms with Gasteiger partial charge in [-0.05, 0) is 85.0 Å². The van der Waals surface area contributed by atoms with Crippen LogP contribution in [-0.2, 0) is 51.7 Å². The van der Waals surface area contributed by atoms with E-state index >= 15 is 14.4 Å². The lowest BCUT2D eigenvalue weighted by Gasteiger charge is -2.68. The van der Waals surface area contributed by atoms with E-state index in [0.717, 1.165) is 13.0 Å². The number of ether oxygens (including phenoxy) is 5. The van der Waals surface area contributed by atoms with Crippen molar-refractivity contribution in [2.45, 2.75) is 186 Å². The molecule has 3 aromatic rings. The zero-order valence-corrected chi connectivity index (χ0v) is 50.0. The lowest BCUT2D eigenvalue weighted by molar-refractivity contribution is -0.384. The molecule has 0 unspecified atom stereocenters. The van der Waals surface area contributed by atoms with Gasteiger partial charge in [0.25, 0.3) is 11.6 Å². The minimum absolute atomic E-state index is 0.0121. The zero-order chi connectivity index (χ0) is 58.4. The fourth-order valence-electron chi connectivity index (χ4n) is 12.4. The van der Waals surface area contributed by atoms with Crippen LogP contribution in [-0.4, -0.2) is 117 Å². The first kappa shape index (κ1) is 60.7. The van der Waals surface area contributed by atoms with Crippen molar-refractivity contribution in [3.8, 4) is 0 Å². The summed E-state index contributed by atoms with van der Waals surface area (Å²) in [5.74, 6) is -6.52. The molecule has 1 aliphatic heterocycles. The quantitative estimate of drug-likeness (QED) is 0.0301. The summed E-state index contributed by atoms with van der Waals surface area (Å²) in [6, 6.07) is 22.9. The van der Waals surface area contributed by atoms with Crippen LogP contribution in [0.3, 0.4) is 0 Å². The summed E-state index contributed by atoms with van der Waals surface area (Å²) in [5.41, 5.74) is -7.59. The van der Waals surface area contributed by atoms with Gasteiger partial charge in [-0.25, -0.2) is 9.59 Å². The molecule has 79 heavy (non-hydrogen) atoms. The minimum atomic E-state index is -2.99. The number of nitrogens with one attached hydrogen (secondary N) is 1. The fraction of sp³-hybridized carbons (Fsp3) is 0.559. The third kappa shape index (κ3) is 11.0. The summed E-state index contributed by atoms with van der Waals surface area (Å²) in [6.45, 7) is 24.4. The van der Waals surface area contributed by atoms with Gasteiger partial charge in [-0.2, -0.15) is 0 Å². The van der Waals surface area contributed by atoms with Gasteiger partial charge in [0.15, 0.2) is 40.2 Å². The van der Waals surface area contributed by atoms with Crippen molar-refractivity contribution in [2.24, 2.45) is 16.7 Å². The highest BCUT2D eigenvalue weighted by atomic mass is 28.4. The molecule has 4 aliphatic rings. The van der Waals surface area contributed by atoms with E-state index in [2.05, 4.69) is 5.32 Å². The molecular formula is C59H78N2O16Si2.